The molecule has 6 heteroatoms. The summed E-state index contributed by atoms with van der Waals surface area (Å²) >= 11 is 5.60. The highest BCUT2D eigenvalue weighted by Gasteiger charge is 2.01. The molecule has 0 aliphatic rings. The summed E-state index contributed by atoms with van der Waals surface area (Å²) in [4.78, 5) is 0. The fourth-order valence-electron chi connectivity index (χ4n) is 0.716. The van der Waals surface area contributed by atoms with Gasteiger partial charge in [0.1, 0.15) is 0 Å². The molecule has 3 N–H and O–H groups in total. The fraction of sp³-hybridized carbons (Fsp3) is 0. The lowest BCUT2D eigenvalue weighted by molar-refractivity contribution is 0.603. The van der Waals surface area contributed by atoms with Crippen molar-refractivity contribution < 1.29 is 8.42 Å². The molecule has 0 spiro atoms. The first-order valence-electron chi connectivity index (χ1n) is 3.03. The molecule has 0 aliphatic carbocycles. The topological polar surface area (TPSA) is 72.2 Å². The Labute approximate surface area is 75.5 Å². The maximum atomic E-state index is 10.5. The molecular formula is C6H7ClN2O2S. The molecule has 4 nitrogen and oxygen atoms in total. The quantitative estimate of drug-likeness (QED) is 0.757. The number of anilines is 1. The Kier molecular flexibility index (Phi) is 2.56. The predicted molar refractivity (Wildman–Crippen MR) is 48.2 cm³/mol. The molecule has 0 atom stereocenters. The molecule has 0 bridgehead atoms. The van der Waals surface area contributed by atoms with Gasteiger partial charge in [0.15, 0.2) is 0 Å². The van der Waals surface area contributed by atoms with Gasteiger partial charge in [-0.1, -0.05) is 17.7 Å². The smallest absolute Gasteiger partial charge is 0.271 e. The van der Waals surface area contributed by atoms with Crippen molar-refractivity contribution in [2.45, 2.75) is 0 Å². The van der Waals surface area contributed by atoms with Crippen molar-refractivity contribution in [2.24, 2.45) is 5.14 Å². The zero-order valence-corrected chi connectivity index (χ0v) is 7.56. The molecule has 66 valence electrons. The molecule has 0 unspecified atom stereocenters. The van der Waals surface area contributed by atoms with Crippen LogP contribution in [0.1, 0.15) is 0 Å². The summed E-state index contributed by atoms with van der Waals surface area (Å²) in [6.45, 7) is 0. The Hall–Kier alpha value is -0.780. The van der Waals surface area contributed by atoms with E-state index in [1.54, 1.807) is 18.2 Å². The maximum Gasteiger partial charge on any atom is 0.296 e. The third-order valence-electron chi connectivity index (χ3n) is 1.08. The van der Waals surface area contributed by atoms with E-state index in [1.165, 1.54) is 6.07 Å². The van der Waals surface area contributed by atoms with E-state index in [-0.39, 0.29) is 0 Å². The number of benzene rings is 1. The number of halogens is 1. The maximum absolute atomic E-state index is 10.5. The third-order valence-corrected chi connectivity index (χ3v) is 1.84. The van der Waals surface area contributed by atoms with Gasteiger partial charge in [-0.05, 0) is 18.2 Å². The van der Waals surface area contributed by atoms with Crippen LogP contribution in [0.25, 0.3) is 0 Å². The van der Waals surface area contributed by atoms with Gasteiger partial charge in [0, 0.05) is 5.02 Å². The number of rotatable bonds is 2. The van der Waals surface area contributed by atoms with E-state index in [0.29, 0.717) is 10.7 Å². The van der Waals surface area contributed by atoms with Gasteiger partial charge in [-0.25, -0.2) is 5.14 Å². The zero-order valence-electron chi connectivity index (χ0n) is 5.99. The average molecular weight is 207 g/mol. The van der Waals surface area contributed by atoms with Gasteiger partial charge in [0.05, 0.1) is 5.69 Å². The summed E-state index contributed by atoms with van der Waals surface area (Å²) in [5, 5.41) is 5.18. The van der Waals surface area contributed by atoms with E-state index in [1.807, 2.05) is 0 Å². The molecule has 0 fully saturated rings. The zero-order chi connectivity index (χ0) is 9.19. The van der Waals surface area contributed by atoms with Crippen molar-refractivity contribution in [2.75, 3.05) is 4.72 Å². The van der Waals surface area contributed by atoms with Crippen LogP contribution in [0.3, 0.4) is 0 Å². The van der Waals surface area contributed by atoms with Crippen LogP contribution in [-0.4, -0.2) is 8.42 Å². The lowest BCUT2D eigenvalue weighted by atomic mass is 10.3. The second-order valence-electron chi connectivity index (χ2n) is 2.16. The number of nitrogens with two attached hydrogens (primary N) is 1. The lowest BCUT2D eigenvalue weighted by Crippen LogP contribution is -2.21. The van der Waals surface area contributed by atoms with Gasteiger partial charge in [-0.15, -0.1) is 0 Å². The Morgan fingerprint density at radius 3 is 2.58 bits per heavy atom. The fourth-order valence-corrected chi connectivity index (χ4v) is 1.36. The van der Waals surface area contributed by atoms with Crippen molar-refractivity contribution in [3.63, 3.8) is 0 Å². The van der Waals surface area contributed by atoms with Crippen molar-refractivity contribution in [3.8, 4) is 0 Å². The summed E-state index contributed by atoms with van der Waals surface area (Å²) in [5.41, 5.74) is 0.352. The summed E-state index contributed by atoms with van der Waals surface area (Å²) in [6, 6.07) is 6.27. The minimum absolute atomic E-state index is 0.352. The van der Waals surface area contributed by atoms with E-state index >= 15 is 0 Å². The minimum atomic E-state index is -3.70. The van der Waals surface area contributed by atoms with Gasteiger partial charge >= 0.3 is 0 Å². The van der Waals surface area contributed by atoms with Crippen LogP contribution in [0.2, 0.25) is 5.02 Å². The standard InChI is InChI=1S/C6H7ClN2O2S/c7-5-2-1-3-6(4-5)9-12(8,10)11/h1-4,9H,(H2,8,10,11). The Morgan fingerprint density at radius 2 is 2.08 bits per heavy atom. The van der Waals surface area contributed by atoms with E-state index in [9.17, 15) is 8.42 Å². The molecule has 0 saturated carbocycles. The third kappa shape index (κ3) is 3.08. The Bertz CT molecular complexity index is 377. The first kappa shape index (κ1) is 9.31. The molecule has 0 aromatic heterocycles. The van der Waals surface area contributed by atoms with Crippen LogP contribution < -0.4 is 9.86 Å². The van der Waals surface area contributed by atoms with E-state index in [2.05, 4.69) is 4.72 Å². The van der Waals surface area contributed by atoms with Crippen LogP contribution in [-0.2, 0) is 10.2 Å². The van der Waals surface area contributed by atoms with E-state index < -0.39 is 10.2 Å². The van der Waals surface area contributed by atoms with Gasteiger partial charge in [0.2, 0.25) is 0 Å². The van der Waals surface area contributed by atoms with Crippen molar-refractivity contribution in [3.05, 3.63) is 29.3 Å². The summed E-state index contributed by atoms with van der Waals surface area (Å²) in [5.74, 6) is 0. The average Bonchev–Trinajstić information content (AvgIpc) is 1.82. The molecule has 0 aliphatic heterocycles. The lowest BCUT2D eigenvalue weighted by Gasteiger charge is -2.02. The minimum Gasteiger partial charge on any atom is -0.271 e. The van der Waals surface area contributed by atoms with E-state index in [0.717, 1.165) is 0 Å². The second kappa shape index (κ2) is 3.30. The van der Waals surface area contributed by atoms with Crippen LogP contribution >= 0.6 is 11.6 Å². The Balaban J connectivity index is 2.91. The van der Waals surface area contributed by atoms with Gasteiger partial charge < -0.3 is 0 Å². The Morgan fingerprint density at radius 1 is 1.42 bits per heavy atom. The number of hydrogen-bond acceptors (Lipinski definition) is 2. The van der Waals surface area contributed by atoms with Crippen LogP contribution in [0.5, 0.6) is 0 Å². The normalized spacial score (nSPS) is 11.2. The first-order chi connectivity index (χ1) is 5.47. The first-order valence-corrected chi connectivity index (χ1v) is 4.96. The molecule has 12 heavy (non-hydrogen) atoms. The van der Waals surface area contributed by atoms with Gasteiger partial charge in [-0.3, -0.25) is 4.72 Å². The predicted octanol–water partition coefficient (Wildman–Crippen LogP) is 0.955. The highest BCUT2D eigenvalue weighted by Crippen LogP contribution is 2.14. The van der Waals surface area contributed by atoms with Gasteiger partial charge in [-0.2, -0.15) is 8.42 Å². The van der Waals surface area contributed by atoms with Crippen molar-refractivity contribution in [1.82, 2.24) is 0 Å². The summed E-state index contributed by atoms with van der Waals surface area (Å²) < 4.78 is 23.2. The highest BCUT2D eigenvalue weighted by molar-refractivity contribution is 7.90. The molecule has 0 radical (unpaired) electrons. The van der Waals surface area contributed by atoms with Crippen molar-refractivity contribution >= 4 is 27.5 Å². The van der Waals surface area contributed by atoms with Crippen LogP contribution in [0, 0.1) is 0 Å². The number of hydrogen-bond donors (Lipinski definition) is 2. The van der Waals surface area contributed by atoms with Crippen molar-refractivity contribution in [1.29, 1.82) is 0 Å². The van der Waals surface area contributed by atoms with Crippen LogP contribution in [0.4, 0.5) is 5.69 Å². The molecule has 1 rings (SSSR count). The molecule has 0 amide bonds. The van der Waals surface area contributed by atoms with Crippen LogP contribution in [0.15, 0.2) is 24.3 Å². The molecule has 1 aromatic carbocycles. The summed E-state index contributed by atoms with van der Waals surface area (Å²) in [7, 11) is -3.70. The number of nitrogens with one attached hydrogen (secondary N) is 1. The molecular weight excluding hydrogens is 200 g/mol. The SMILES string of the molecule is NS(=O)(=O)Nc1cccc(Cl)c1. The highest BCUT2D eigenvalue weighted by atomic mass is 35.5. The molecule has 0 saturated heterocycles. The second-order valence-corrected chi connectivity index (χ2v) is 3.89. The molecule has 0 heterocycles. The monoisotopic (exact) mass is 206 g/mol. The largest absolute Gasteiger partial charge is 0.296 e. The summed E-state index contributed by atoms with van der Waals surface area (Å²) in [6.07, 6.45) is 0. The van der Waals surface area contributed by atoms with E-state index in [4.69, 9.17) is 16.7 Å². The molecule has 1 aromatic rings. The van der Waals surface area contributed by atoms with Gasteiger partial charge in [0.25, 0.3) is 10.2 Å².